The summed E-state index contributed by atoms with van der Waals surface area (Å²) in [4.78, 5) is 11.4. The van der Waals surface area contributed by atoms with Crippen LogP contribution in [-0.2, 0) is 30.7 Å². The molecule has 3 aliphatic rings. The Kier molecular flexibility index (Phi) is 5.10. The van der Waals surface area contributed by atoms with E-state index in [0.29, 0.717) is 0 Å². The van der Waals surface area contributed by atoms with E-state index in [4.69, 9.17) is 10.1 Å². The molecule has 1 fully saturated rings. The fraction of sp³-hybridized carbons (Fsp3) is 0.609. The Morgan fingerprint density at radius 2 is 2.00 bits per heavy atom. The van der Waals surface area contributed by atoms with Gasteiger partial charge in [-0.15, -0.1) is 4.72 Å². The van der Waals surface area contributed by atoms with Gasteiger partial charge in [0, 0.05) is 36.4 Å². The largest absolute Gasteiger partial charge is 0.598 e. The third-order valence-corrected chi connectivity index (χ3v) is 9.75. The number of hydrogen-bond acceptors (Lipinski definition) is 6. The molecule has 0 bridgehead atoms. The molecule has 0 aromatic carbocycles. The number of hydrogen-bond donors (Lipinski definition) is 1. The zero-order valence-electron chi connectivity index (χ0n) is 19.3. The molecule has 33 heavy (non-hydrogen) atoms. The van der Waals surface area contributed by atoms with Crippen molar-refractivity contribution in [3.63, 3.8) is 0 Å². The number of fused-ring (bicyclic) bond motifs is 4. The van der Waals surface area contributed by atoms with Crippen LogP contribution in [-0.4, -0.2) is 46.5 Å². The summed E-state index contributed by atoms with van der Waals surface area (Å²) in [6.07, 6.45) is 10.9. The molecule has 2 aliphatic heterocycles. The molecule has 0 saturated carbocycles. The highest BCUT2D eigenvalue weighted by Gasteiger charge is 2.53. The predicted octanol–water partition coefficient (Wildman–Crippen LogP) is 3.57. The van der Waals surface area contributed by atoms with E-state index in [-0.39, 0.29) is 16.2 Å². The summed E-state index contributed by atoms with van der Waals surface area (Å²) >= 11 is 2.42. The van der Waals surface area contributed by atoms with Crippen molar-refractivity contribution in [1.82, 2.24) is 28.9 Å². The summed E-state index contributed by atoms with van der Waals surface area (Å²) in [6, 6.07) is 0.0712. The molecule has 5 heterocycles. The highest BCUT2D eigenvalue weighted by atomic mass is 79.9. The van der Waals surface area contributed by atoms with Gasteiger partial charge in [0.1, 0.15) is 27.2 Å². The van der Waals surface area contributed by atoms with Gasteiger partial charge in [0.15, 0.2) is 5.82 Å². The minimum Gasteiger partial charge on any atom is -0.598 e. The van der Waals surface area contributed by atoms with Crippen molar-refractivity contribution in [3.05, 3.63) is 40.3 Å². The monoisotopic (exact) mass is 531 g/mol. The quantitative estimate of drug-likeness (QED) is 0.520. The second-order valence-corrected chi connectivity index (χ2v) is 13.5. The van der Waals surface area contributed by atoms with Crippen LogP contribution in [0.2, 0.25) is 0 Å². The van der Waals surface area contributed by atoms with Crippen LogP contribution >= 0.6 is 15.9 Å². The zero-order chi connectivity index (χ0) is 23.0. The average Bonchev–Trinajstić information content (AvgIpc) is 3.52. The smallest absolute Gasteiger partial charge is 0.154 e. The molecule has 0 amide bonds. The highest BCUT2D eigenvalue weighted by Crippen LogP contribution is 2.52. The maximum atomic E-state index is 13.2. The summed E-state index contributed by atoms with van der Waals surface area (Å²) in [6.45, 7) is 8.83. The van der Waals surface area contributed by atoms with Gasteiger partial charge >= 0.3 is 0 Å². The average molecular weight is 533 g/mol. The minimum absolute atomic E-state index is 0.0171. The SMILES string of the molecule is CC(C)(C)[S+]([O-])N[C@@H]1c2c3c(nn2CC12CCN(c1ncc(Br)n4cncc14)CC2)CCC3. The van der Waals surface area contributed by atoms with Crippen LogP contribution in [0.15, 0.2) is 23.3 Å². The number of anilines is 1. The van der Waals surface area contributed by atoms with Crippen LogP contribution in [0.4, 0.5) is 5.82 Å². The molecule has 8 nitrogen and oxygen atoms in total. The van der Waals surface area contributed by atoms with E-state index in [1.807, 2.05) is 43.9 Å². The van der Waals surface area contributed by atoms with Crippen LogP contribution in [0.25, 0.3) is 5.52 Å². The minimum atomic E-state index is -1.14. The lowest BCUT2D eigenvalue weighted by molar-refractivity contribution is 0.160. The molecule has 3 aromatic heterocycles. The first-order valence-corrected chi connectivity index (χ1v) is 13.7. The maximum absolute atomic E-state index is 13.2. The molecule has 176 valence electrons. The molecule has 1 spiro atoms. The van der Waals surface area contributed by atoms with Crippen LogP contribution in [0, 0.1) is 5.41 Å². The summed E-state index contributed by atoms with van der Waals surface area (Å²) in [5, 5.41) is 5.00. The van der Waals surface area contributed by atoms with Crippen LogP contribution in [0.5, 0.6) is 0 Å². The van der Waals surface area contributed by atoms with Gasteiger partial charge in [-0.25, -0.2) is 9.97 Å². The Morgan fingerprint density at radius 1 is 1.21 bits per heavy atom. The molecule has 1 N–H and O–H groups in total. The van der Waals surface area contributed by atoms with Gasteiger partial charge in [-0.2, -0.15) is 5.10 Å². The lowest BCUT2D eigenvalue weighted by atomic mass is 9.73. The fourth-order valence-electron chi connectivity index (χ4n) is 5.79. The molecular weight excluding hydrogens is 502 g/mol. The van der Waals surface area contributed by atoms with Gasteiger partial charge in [-0.05, 0) is 74.4 Å². The number of nitrogens with one attached hydrogen (secondary N) is 1. The van der Waals surface area contributed by atoms with E-state index >= 15 is 0 Å². The Labute approximate surface area is 205 Å². The molecule has 6 rings (SSSR count). The van der Waals surface area contributed by atoms with E-state index in [1.54, 1.807) is 0 Å². The van der Waals surface area contributed by atoms with Gasteiger partial charge in [-0.3, -0.25) is 9.08 Å². The highest BCUT2D eigenvalue weighted by molar-refractivity contribution is 9.10. The summed E-state index contributed by atoms with van der Waals surface area (Å²) in [7, 11) is 0. The first kappa shape index (κ1) is 21.9. The second-order valence-electron chi connectivity index (χ2n) is 10.7. The van der Waals surface area contributed by atoms with Crippen molar-refractivity contribution in [1.29, 1.82) is 0 Å². The van der Waals surface area contributed by atoms with E-state index in [9.17, 15) is 4.55 Å². The standard InChI is InChI=1S/C23H30BrN7OS/c1-22(2,3)33(32)28-20-19-15-5-4-6-16(15)27-31(19)13-23(20)7-9-29(10-8-23)21-17-11-25-14-30(17)18(24)12-26-21/h11-12,14,20,28H,4-10,13H2,1-3H3/t20-,33?/m1/s1. The fourth-order valence-corrected chi connectivity index (χ4v) is 7.10. The van der Waals surface area contributed by atoms with Gasteiger partial charge in [-0.1, -0.05) is 0 Å². The van der Waals surface area contributed by atoms with Crippen molar-refractivity contribution >= 4 is 38.6 Å². The van der Waals surface area contributed by atoms with Gasteiger partial charge in [0.2, 0.25) is 0 Å². The van der Waals surface area contributed by atoms with E-state index in [1.165, 1.54) is 23.4 Å². The lowest BCUT2D eigenvalue weighted by Gasteiger charge is -2.43. The number of piperidine rings is 1. The number of imidazole rings is 1. The van der Waals surface area contributed by atoms with E-state index in [0.717, 1.165) is 61.3 Å². The molecule has 1 aliphatic carbocycles. The Hall–Kier alpha value is -1.62. The van der Waals surface area contributed by atoms with Crippen molar-refractivity contribution in [2.45, 2.75) is 70.2 Å². The van der Waals surface area contributed by atoms with Crippen molar-refractivity contribution in [3.8, 4) is 0 Å². The lowest BCUT2D eigenvalue weighted by Crippen LogP contribution is -2.50. The number of nitrogens with zero attached hydrogens (tertiary/aromatic N) is 6. The van der Waals surface area contributed by atoms with Crippen LogP contribution in [0.1, 0.15) is 63.0 Å². The Morgan fingerprint density at radius 3 is 2.76 bits per heavy atom. The maximum Gasteiger partial charge on any atom is 0.154 e. The van der Waals surface area contributed by atoms with Crippen LogP contribution < -0.4 is 9.62 Å². The van der Waals surface area contributed by atoms with Crippen molar-refractivity contribution in [2.24, 2.45) is 5.41 Å². The molecule has 1 saturated heterocycles. The Bertz CT molecular complexity index is 1210. The summed E-state index contributed by atoms with van der Waals surface area (Å²) < 4.78 is 21.7. The first-order chi connectivity index (χ1) is 15.8. The third kappa shape index (κ3) is 3.44. The topological polar surface area (TPSA) is 86.3 Å². The second kappa shape index (κ2) is 7.69. The number of halogens is 1. The third-order valence-electron chi connectivity index (χ3n) is 7.60. The van der Waals surface area contributed by atoms with E-state index < -0.39 is 11.4 Å². The summed E-state index contributed by atoms with van der Waals surface area (Å²) in [5.74, 6) is 0.977. The van der Waals surface area contributed by atoms with Gasteiger partial charge < -0.3 is 9.45 Å². The number of rotatable bonds is 3. The van der Waals surface area contributed by atoms with Crippen molar-refractivity contribution < 1.29 is 4.55 Å². The molecule has 0 radical (unpaired) electrons. The predicted molar refractivity (Wildman–Crippen MR) is 133 cm³/mol. The van der Waals surface area contributed by atoms with Gasteiger partial charge in [0.05, 0.1) is 23.8 Å². The van der Waals surface area contributed by atoms with E-state index in [2.05, 4.69) is 35.2 Å². The molecule has 10 heteroatoms. The Balaban J connectivity index is 1.31. The van der Waals surface area contributed by atoms with Gasteiger partial charge in [0.25, 0.3) is 0 Å². The molecule has 3 aromatic rings. The summed E-state index contributed by atoms with van der Waals surface area (Å²) in [5.41, 5.74) is 5.00. The number of aromatic nitrogens is 5. The number of aryl methyl sites for hydroxylation is 1. The first-order valence-electron chi connectivity index (χ1n) is 11.7. The molecular formula is C23H30BrN7OS. The van der Waals surface area contributed by atoms with Crippen LogP contribution in [0.3, 0.4) is 0 Å². The zero-order valence-corrected chi connectivity index (χ0v) is 21.7. The normalized spacial score (nSPS) is 22.8. The molecule has 1 unspecified atom stereocenters. The van der Waals surface area contributed by atoms with Crippen molar-refractivity contribution in [2.75, 3.05) is 18.0 Å². The molecule has 2 atom stereocenters.